The normalized spacial score (nSPS) is 28.6. The molecule has 3 nitrogen and oxygen atoms in total. The Hall–Kier alpha value is -0.330. The van der Waals surface area contributed by atoms with Crippen molar-refractivity contribution in [1.29, 1.82) is 0 Å². The predicted molar refractivity (Wildman–Crippen MR) is 50.5 cm³/mol. The van der Waals surface area contributed by atoms with E-state index in [0.717, 1.165) is 13.1 Å². The van der Waals surface area contributed by atoms with E-state index >= 15 is 0 Å². The van der Waals surface area contributed by atoms with Crippen molar-refractivity contribution in [2.45, 2.75) is 19.1 Å². The van der Waals surface area contributed by atoms with Gasteiger partial charge in [-0.15, -0.1) is 0 Å². The van der Waals surface area contributed by atoms with E-state index in [-0.39, 0.29) is 12.6 Å². The number of nitrogens with zero attached hydrogens (tertiary/aromatic N) is 1. The van der Waals surface area contributed by atoms with Gasteiger partial charge in [0.05, 0.1) is 6.61 Å². The van der Waals surface area contributed by atoms with Crippen LogP contribution in [0.25, 0.3) is 0 Å². The average Bonchev–Trinajstić information content (AvgIpc) is 2.39. The van der Waals surface area contributed by atoms with Crippen LogP contribution in [0.5, 0.6) is 0 Å². The Morgan fingerprint density at radius 3 is 2.53 bits per heavy atom. The maximum absolute atomic E-state index is 11.7. The topological polar surface area (TPSA) is 38.5 Å². The second-order valence-corrected chi connectivity index (χ2v) is 4.07. The molecular formula is C9H17F3N2O. The molecule has 2 atom stereocenters. The zero-order chi connectivity index (χ0) is 11.5. The SMILES string of the molecule is CC1CN(CCOCC(F)(F)F)CC1N. The Morgan fingerprint density at radius 1 is 1.40 bits per heavy atom. The van der Waals surface area contributed by atoms with Gasteiger partial charge in [-0.05, 0) is 5.92 Å². The number of ether oxygens (including phenoxy) is 1. The summed E-state index contributed by atoms with van der Waals surface area (Å²) in [7, 11) is 0. The molecule has 1 heterocycles. The second kappa shape index (κ2) is 5.14. The molecule has 15 heavy (non-hydrogen) atoms. The van der Waals surface area contributed by atoms with E-state index in [0.29, 0.717) is 12.5 Å². The molecule has 0 spiro atoms. The molecule has 1 saturated heterocycles. The van der Waals surface area contributed by atoms with Crippen LogP contribution in [-0.2, 0) is 4.74 Å². The summed E-state index contributed by atoms with van der Waals surface area (Å²) in [5.74, 6) is 0.410. The molecule has 0 saturated carbocycles. The largest absolute Gasteiger partial charge is 0.411 e. The first-order valence-electron chi connectivity index (χ1n) is 5.01. The molecule has 90 valence electrons. The molecular weight excluding hydrogens is 209 g/mol. The van der Waals surface area contributed by atoms with Gasteiger partial charge in [-0.2, -0.15) is 13.2 Å². The fraction of sp³-hybridized carbons (Fsp3) is 1.00. The molecule has 1 rings (SSSR count). The third-order valence-corrected chi connectivity index (χ3v) is 2.56. The Balaban J connectivity index is 2.07. The average molecular weight is 226 g/mol. The van der Waals surface area contributed by atoms with Crippen molar-refractivity contribution in [2.24, 2.45) is 11.7 Å². The van der Waals surface area contributed by atoms with Crippen LogP contribution in [0.2, 0.25) is 0 Å². The van der Waals surface area contributed by atoms with E-state index in [9.17, 15) is 13.2 Å². The van der Waals surface area contributed by atoms with Gasteiger partial charge in [0, 0.05) is 25.7 Å². The highest BCUT2D eigenvalue weighted by Crippen LogP contribution is 2.15. The quantitative estimate of drug-likeness (QED) is 0.722. The number of likely N-dealkylation sites (tertiary alicyclic amines) is 1. The van der Waals surface area contributed by atoms with Crippen molar-refractivity contribution < 1.29 is 17.9 Å². The van der Waals surface area contributed by atoms with Gasteiger partial charge in [0.15, 0.2) is 0 Å². The number of hydrogen-bond donors (Lipinski definition) is 1. The third-order valence-electron chi connectivity index (χ3n) is 2.56. The zero-order valence-electron chi connectivity index (χ0n) is 8.76. The molecule has 2 N–H and O–H groups in total. The summed E-state index contributed by atoms with van der Waals surface area (Å²) < 4.78 is 39.7. The molecule has 0 bridgehead atoms. The number of nitrogens with two attached hydrogens (primary N) is 1. The highest BCUT2D eigenvalue weighted by atomic mass is 19.4. The van der Waals surface area contributed by atoms with Crippen molar-refractivity contribution in [1.82, 2.24) is 4.90 Å². The van der Waals surface area contributed by atoms with Crippen LogP contribution in [0, 0.1) is 5.92 Å². The lowest BCUT2D eigenvalue weighted by molar-refractivity contribution is -0.174. The monoisotopic (exact) mass is 226 g/mol. The van der Waals surface area contributed by atoms with Crippen molar-refractivity contribution >= 4 is 0 Å². The number of hydrogen-bond acceptors (Lipinski definition) is 3. The first-order chi connectivity index (χ1) is 6.88. The van der Waals surface area contributed by atoms with E-state index in [1.54, 1.807) is 0 Å². The van der Waals surface area contributed by atoms with Crippen molar-refractivity contribution in [3.8, 4) is 0 Å². The Labute approximate surface area is 87.4 Å². The predicted octanol–water partition coefficient (Wildman–Crippen LogP) is 0.844. The molecule has 0 amide bonds. The van der Waals surface area contributed by atoms with Gasteiger partial charge in [0.25, 0.3) is 0 Å². The lowest BCUT2D eigenvalue weighted by atomic mass is 10.1. The maximum Gasteiger partial charge on any atom is 0.411 e. The summed E-state index contributed by atoms with van der Waals surface area (Å²) in [6.07, 6.45) is -4.23. The summed E-state index contributed by atoms with van der Waals surface area (Å²) in [6, 6.07) is 0.132. The Morgan fingerprint density at radius 2 is 2.07 bits per heavy atom. The van der Waals surface area contributed by atoms with Crippen LogP contribution in [0.1, 0.15) is 6.92 Å². The molecule has 1 fully saturated rings. The van der Waals surface area contributed by atoms with E-state index in [1.165, 1.54) is 0 Å². The van der Waals surface area contributed by atoms with Crippen molar-refractivity contribution in [3.05, 3.63) is 0 Å². The highest BCUT2D eigenvalue weighted by Gasteiger charge is 2.28. The van der Waals surface area contributed by atoms with E-state index < -0.39 is 12.8 Å². The van der Waals surface area contributed by atoms with Crippen LogP contribution in [0.4, 0.5) is 13.2 Å². The first-order valence-corrected chi connectivity index (χ1v) is 5.01. The smallest absolute Gasteiger partial charge is 0.371 e. The molecule has 6 heteroatoms. The van der Waals surface area contributed by atoms with Gasteiger partial charge < -0.3 is 10.5 Å². The van der Waals surface area contributed by atoms with Gasteiger partial charge in [-0.1, -0.05) is 6.92 Å². The van der Waals surface area contributed by atoms with E-state index in [4.69, 9.17) is 5.73 Å². The van der Waals surface area contributed by atoms with Crippen molar-refractivity contribution in [3.63, 3.8) is 0 Å². The minimum atomic E-state index is -4.23. The summed E-state index contributed by atoms with van der Waals surface area (Å²) in [6.45, 7) is 3.10. The van der Waals surface area contributed by atoms with Crippen LogP contribution in [0.15, 0.2) is 0 Å². The van der Waals surface area contributed by atoms with Gasteiger partial charge in [-0.25, -0.2) is 0 Å². The minimum absolute atomic E-state index is 0.110. The molecule has 1 aliphatic heterocycles. The van der Waals surface area contributed by atoms with Gasteiger partial charge in [0.2, 0.25) is 0 Å². The lowest BCUT2D eigenvalue weighted by Crippen LogP contribution is -2.30. The zero-order valence-corrected chi connectivity index (χ0v) is 8.76. The van der Waals surface area contributed by atoms with Crippen LogP contribution < -0.4 is 5.73 Å². The summed E-state index contributed by atoms with van der Waals surface area (Å²) in [5.41, 5.74) is 5.78. The Bertz CT molecular complexity index is 188. The summed E-state index contributed by atoms with van der Waals surface area (Å²) in [5, 5.41) is 0. The fourth-order valence-corrected chi connectivity index (χ4v) is 1.66. The van der Waals surface area contributed by atoms with Gasteiger partial charge >= 0.3 is 6.18 Å². The number of rotatable bonds is 4. The summed E-state index contributed by atoms with van der Waals surface area (Å²) >= 11 is 0. The van der Waals surface area contributed by atoms with Crippen LogP contribution >= 0.6 is 0 Å². The third kappa shape index (κ3) is 4.81. The maximum atomic E-state index is 11.7. The molecule has 0 aromatic heterocycles. The van der Waals surface area contributed by atoms with Crippen molar-refractivity contribution in [2.75, 3.05) is 32.8 Å². The molecule has 0 aromatic rings. The van der Waals surface area contributed by atoms with Gasteiger partial charge in [-0.3, -0.25) is 4.90 Å². The number of halogens is 3. The molecule has 2 unspecified atom stereocenters. The van der Waals surface area contributed by atoms with Crippen LogP contribution in [0.3, 0.4) is 0 Å². The molecule has 0 aliphatic carbocycles. The second-order valence-electron chi connectivity index (χ2n) is 4.07. The molecule has 0 aromatic carbocycles. The molecule has 0 radical (unpaired) electrons. The highest BCUT2D eigenvalue weighted by molar-refractivity contribution is 4.83. The van der Waals surface area contributed by atoms with E-state index in [1.807, 2.05) is 11.8 Å². The lowest BCUT2D eigenvalue weighted by Gasteiger charge is -2.15. The number of alkyl halides is 3. The van der Waals surface area contributed by atoms with E-state index in [2.05, 4.69) is 4.74 Å². The standard InChI is InChI=1S/C9H17F3N2O/c1-7-4-14(5-8(7)13)2-3-15-6-9(10,11)12/h7-8H,2-6,13H2,1H3. The van der Waals surface area contributed by atoms with Gasteiger partial charge in [0.1, 0.15) is 6.61 Å². The molecule has 1 aliphatic rings. The first kappa shape index (κ1) is 12.7. The minimum Gasteiger partial charge on any atom is -0.371 e. The Kier molecular flexibility index (Phi) is 4.36. The fourth-order valence-electron chi connectivity index (χ4n) is 1.66. The van der Waals surface area contributed by atoms with Crippen LogP contribution in [-0.4, -0.2) is 50.0 Å². The summed E-state index contributed by atoms with van der Waals surface area (Å²) in [4.78, 5) is 2.03.